The van der Waals surface area contributed by atoms with Crippen molar-refractivity contribution >= 4 is 11.9 Å². The number of halogens is 3. The van der Waals surface area contributed by atoms with Crippen molar-refractivity contribution in [3.05, 3.63) is 29.1 Å². The molecule has 0 aromatic carbocycles. The Balaban J connectivity index is 2.85. The number of amides is 1. The van der Waals surface area contributed by atoms with Gasteiger partial charge in [-0.1, -0.05) is 0 Å². The van der Waals surface area contributed by atoms with Gasteiger partial charge in [0.1, 0.15) is 12.2 Å². The predicted octanol–water partition coefficient (Wildman–Crippen LogP) is 1.31. The Labute approximate surface area is 106 Å². The molecular weight excluding hydrogens is 265 g/mol. The molecule has 0 atom stereocenters. The van der Waals surface area contributed by atoms with E-state index in [9.17, 15) is 22.8 Å². The Kier molecular flexibility index (Phi) is 4.47. The minimum absolute atomic E-state index is 0.0306. The normalized spacial score (nSPS) is 11.0. The number of nitrogens with one attached hydrogen (secondary N) is 1. The topological polar surface area (TPSA) is 68.3 Å². The average Bonchev–Trinajstić information content (AvgIpc) is 2.34. The quantitative estimate of drug-likeness (QED) is 0.845. The molecule has 0 bridgehead atoms. The number of methoxy groups -OCH3 is 1. The Morgan fingerprint density at radius 3 is 2.47 bits per heavy atom. The third kappa shape index (κ3) is 3.94. The van der Waals surface area contributed by atoms with Gasteiger partial charge in [-0.05, 0) is 19.1 Å². The molecule has 0 unspecified atom stereocenters. The van der Waals surface area contributed by atoms with Crippen LogP contribution in [-0.2, 0) is 15.7 Å². The first kappa shape index (κ1) is 14.9. The van der Waals surface area contributed by atoms with Crippen molar-refractivity contribution in [1.82, 2.24) is 10.3 Å². The number of aryl methyl sites for hydroxylation is 1. The van der Waals surface area contributed by atoms with Crippen molar-refractivity contribution in [2.24, 2.45) is 0 Å². The lowest BCUT2D eigenvalue weighted by molar-refractivity contribution is -0.141. The van der Waals surface area contributed by atoms with Crippen LogP contribution >= 0.6 is 0 Å². The van der Waals surface area contributed by atoms with E-state index < -0.39 is 23.7 Å². The molecule has 0 aliphatic rings. The van der Waals surface area contributed by atoms with E-state index in [4.69, 9.17) is 0 Å². The zero-order chi connectivity index (χ0) is 14.6. The lowest BCUT2D eigenvalue weighted by atomic mass is 10.1. The highest BCUT2D eigenvalue weighted by molar-refractivity contribution is 5.96. The average molecular weight is 276 g/mol. The monoisotopic (exact) mass is 276 g/mol. The molecule has 0 saturated heterocycles. The summed E-state index contributed by atoms with van der Waals surface area (Å²) < 4.78 is 41.4. The van der Waals surface area contributed by atoms with Crippen LogP contribution < -0.4 is 5.32 Å². The standard InChI is InChI=1S/C11H11F3N2O3/c1-6-7(10(18)15-5-9(17)19-2)3-4-8(16-6)11(12,13)14/h3-4H,5H2,1-2H3,(H,15,18). The highest BCUT2D eigenvalue weighted by atomic mass is 19.4. The van der Waals surface area contributed by atoms with Gasteiger partial charge < -0.3 is 10.1 Å². The third-order valence-corrected chi connectivity index (χ3v) is 2.24. The van der Waals surface area contributed by atoms with Gasteiger partial charge in [0.05, 0.1) is 18.4 Å². The van der Waals surface area contributed by atoms with Gasteiger partial charge in [-0.3, -0.25) is 9.59 Å². The van der Waals surface area contributed by atoms with E-state index in [1.54, 1.807) is 0 Å². The van der Waals surface area contributed by atoms with Gasteiger partial charge in [0, 0.05) is 0 Å². The molecule has 0 fully saturated rings. The minimum atomic E-state index is -4.56. The van der Waals surface area contributed by atoms with Crippen LogP contribution in [0.5, 0.6) is 0 Å². The van der Waals surface area contributed by atoms with E-state index in [2.05, 4.69) is 15.0 Å². The zero-order valence-electron chi connectivity index (χ0n) is 10.2. The number of ether oxygens (including phenoxy) is 1. The number of hydrogen-bond acceptors (Lipinski definition) is 4. The number of hydrogen-bond donors (Lipinski definition) is 1. The SMILES string of the molecule is COC(=O)CNC(=O)c1ccc(C(F)(F)F)nc1C. The summed E-state index contributed by atoms with van der Waals surface area (Å²) in [6, 6.07) is 1.72. The maximum absolute atomic E-state index is 12.4. The first-order valence-electron chi connectivity index (χ1n) is 5.15. The fourth-order valence-electron chi connectivity index (χ4n) is 1.28. The van der Waals surface area contributed by atoms with Gasteiger partial charge in [0.2, 0.25) is 0 Å². The summed E-state index contributed by atoms with van der Waals surface area (Å²) >= 11 is 0. The van der Waals surface area contributed by atoms with Crippen molar-refractivity contribution in [2.75, 3.05) is 13.7 Å². The van der Waals surface area contributed by atoms with E-state index in [-0.39, 0.29) is 17.8 Å². The highest BCUT2D eigenvalue weighted by Gasteiger charge is 2.33. The molecule has 1 rings (SSSR count). The Bertz CT molecular complexity index is 500. The molecule has 5 nitrogen and oxygen atoms in total. The number of esters is 1. The number of aromatic nitrogens is 1. The maximum Gasteiger partial charge on any atom is 0.433 e. The second-order valence-corrected chi connectivity index (χ2v) is 3.59. The molecule has 1 heterocycles. The fraction of sp³-hybridized carbons (Fsp3) is 0.364. The summed E-state index contributed by atoms with van der Waals surface area (Å²) in [5, 5.41) is 2.21. The Morgan fingerprint density at radius 2 is 2.00 bits per heavy atom. The second-order valence-electron chi connectivity index (χ2n) is 3.59. The Hall–Kier alpha value is -2.12. The molecule has 0 saturated carbocycles. The van der Waals surface area contributed by atoms with Gasteiger partial charge >= 0.3 is 12.1 Å². The molecular formula is C11H11F3N2O3. The van der Waals surface area contributed by atoms with Crippen molar-refractivity contribution in [3.8, 4) is 0 Å². The van der Waals surface area contributed by atoms with Crippen molar-refractivity contribution in [1.29, 1.82) is 0 Å². The summed E-state index contributed by atoms with van der Waals surface area (Å²) in [6.45, 7) is 0.915. The van der Waals surface area contributed by atoms with Crippen molar-refractivity contribution in [3.63, 3.8) is 0 Å². The summed E-state index contributed by atoms with van der Waals surface area (Å²) in [4.78, 5) is 25.7. The summed E-state index contributed by atoms with van der Waals surface area (Å²) in [5.74, 6) is -1.35. The van der Waals surface area contributed by atoms with Gasteiger partial charge in [-0.25, -0.2) is 4.98 Å². The molecule has 8 heteroatoms. The number of rotatable bonds is 3. The fourth-order valence-corrected chi connectivity index (χ4v) is 1.28. The van der Waals surface area contributed by atoms with E-state index >= 15 is 0 Å². The number of pyridine rings is 1. The molecule has 1 N–H and O–H groups in total. The van der Waals surface area contributed by atoms with E-state index in [0.29, 0.717) is 6.07 Å². The van der Waals surface area contributed by atoms with Crippen LogP contribution in [0.4, 0.5) is 13.2 Å². The van der Waals surface area contributed by atoms with Crippen LogP contribution in [0.3, 0.4) is 0 Å². The smallest absolute Gasteiger partial charge is 0.433 e. The molecule has 0 radical (unpaired) electrons. The summed E-state index contributed by atoms with van der Waals surface area (Å²) in [6.07, 6.45) is -4.56. The number of alkyl halides is 3. The molecule has 0 aliphatic carbocycles. The van der Waals surface area contributed by atoms with Crippen molar-refractivity contribution < 1.29 is 27.5 Å². The van der Waals surface area contributed by atoms with Crippen molar-refractivity contribution in [2.45, 2.75) is 13.1 Å². The van der Waals surface area contributed by atoms with Gasteiger partial charge in [-0.2, -0.15) is 13.2 Å². The molecule has 104 valence electrons. The van der Waals surface area contributed by atoms with Crippen LogP contribution in [0, 0.1) is 6.92 Å². The lowest BCUT2D eigenvalue weighted by Crippen LogP contribution is -2.31. The first-order chi connectivity index (χ1) is 8.75. The third-order valence-electron chi connectivity index (χ3n) is 2.24. The number of carbonyl (C=O) groups is 2. The molecule has 0 spiro atoms. The zero-order valence-corrected chi connectivity index (χ0v) is 10.2. The van der Waals surface area contributed by atoms with Crippen LogP contribution in [0.1, 0.15) is 21.7 Å². The van der Waals surface area contributed by atoms with Crippen LogP contribution in [-0.4, -0.2) is 30.5 Å². The lowest BCUT2D eigenvalue weighted by Gasteiger charge is -2.10. The van der Waals surface area contributed by atoms with Gasteiger partial charge in [0.25, 0.3) is 5.91 Å². The van der Waals surface area contributed by atoms with E-state index in [1.807, 2.05) is 0 Å². The highest BCUT2D eigenvalue weighted by Crippen LogP contribution is 2.28. The summed E-state index contributed by atoms with van der Waals surface area (Å²) in [7, 11) is 1.15. The van der Waals surface area contributed by atoms with Gasteiger partial charge in [0.15, 0.2) is 0 Å². The van der Waals surface area contributed by atoms with Gasteiger partial charge in [-0.15, -0.1) is 0 Å². The van der Waals surface area contributed by atoms with E-state index in [1.165, 1.54) is 6.92 Å². The number of carbonyl (C=O) groups excluding carboxylic acids is 2. The predicted molar refractivity (Wildman–Crippen MR) is 58.3 cm³/mol. The summed E-state index contributed by atoms with van der Waals surface area (Å²) in [5.41, 5.74) is -1.18. The van der Waals surface area contributed by atoms with Crippen LogP contribution in [0.25, 0.3) is 0 Å². The molecule has 0 aliphatic heterocycles. The second kappa shape index (κ2) is 5.68. The molecule has 1 aromatic heterocycles. The molecule has 19 heavy (non-hydrogen) atoms. The molecule has 1 amide bonds. The Morgan fingerprint density at radius 1 is 1.37 bits per heavy atom. The molecule has 1 aromatic rings. The number of nitrogens with zero attached hydrogens (tertiary/aromatic N) is 1. The van der Waals surface area contributed by atoms with Crippen LogP contribution in [0.2, 0.25) is 0 Å². The van der Waals surface area contributed by atoms with Crippen LogP contribution in [0.15, 0.2) is 12.1 Å². The first-order valence-corrected chi connectivity index (χ1v) is 5.15. The van der Waals surface area contributed by atoms with E-state index in [0.717, 1.165) is 13.2 Å². The largest absolute Gasteiger partial charge is 0.468 e. The maximum atomic E-state index is 12.4. The minimum Gasteiger partial charge on any atom is -0.468 e.